The van der Waals surface area contributed by atoms with Crippen molar-refractivity contribution in [1.29, 1.82) is 5.26 Å². The fourth-order valence-corrected chi connectivity index (χ4v) is 3.87. The Labute approximate surface area is 160 Å². The number of para-hydroxylation sites is 1. The minimum atomic E-state index is -4.33. The zero-order valence-electron chi connectivity index (χ0n) is 14.6. The average Bonchev–Trinajstić information content (AvgIpc) is 2.96. The number of benzene rings is 3. The Balaban J connectivity index is 1.86. The first-order chi connectivity index (χ1) is 13.6. The highest BCUT2D eigenvalue weighted by Crippen LogP contribution is 2.51. The maximum atomic E-state index is 15.7. The molecule has 0 N–H and O–H groups in total. The van der Waals surface area contributed by atoms with Crippen molar-refractivity contribution in [2.24, 2.45) is 5.11 Å². The minimum absolute atomic E-state index is 0.157. The standard InChI is InChI=1S/C21H13BF2N4/c23-22(24)27-19-13-7-6-11-17(19)16-10-4-5-12-18(16)21(27)20(14-25)28(22)26-15-8-2-1-3-9-15/h1-13H. The van der Waals surface area contributed by atoms with Gasteiger partial charge in [-0.3, -0.25) is 0 Å². The molecule has 0 fully saturated rings. The van der Waals surface area contributed by atoms with Gasteiger partial charge < -0.3 is 13.4 Å². The largest absolute Gasteiger partial charge is 0.762 e. The third kappa shape index (κ3) is 2.15. The van der Waals surface area contributed by atoms with Gasteiger partial charge in [-0.25, -0.2) is 4.61 Å². The van der Waals surface area contributed by atoms with Gasteiger partial charge in [0.1, 0.15) is 11.4 Å². The van der Waals surface area contributed by atoms with Crippen molar-refractivity contribution in [1.82, 2.24) is 0 Å². The van der Waals surface area contributed by atoms with Gasteiger partial charge in [0.05, 0.1) is 0 Å². The van der Waals surface area contributed by atoms with E-state index < -0.39 is 6.97 Å². The van der Waals surface area contributed by atoms with Crippen LogP contribution in [0.1, 0.15) is 5.56 Å². The summed E-state index contributed by atoms with van der Waals surface area (Å²) in [5.41, 5.74) is 2.91. The van der Waals surface area contributed by atoms with Crippen LogP contribution in [0.4, 0.5) is 20.0 Å². The van der Waals surface area contributed by atoms with Gasteiger partial charge in [-0.15, -0.1) is 0 Å². The zero-order chi connectivity index (χ0) is 19.3. The lowest BCUT2D eigenvalue weighted by Crippen LogP contribution is -2.49. The molecule has 134 valence electrons. The molecule has 0 spiro atoms. The van der Waals surface area contributed by atoms with E-state index in [-0.39, 0.29) is 11.4 Å². The van der Waals surface area contributed by atoms with Gasteiger partial charge >= 0.3 is 6.97 Å². The first-order valence-electron chi connectivity index (χ1n) is 8.84. The van der Waals surface area contributed by atoms with Gasteiger partial charge in [-0.05, 0) is 23.8 Å². The number of nitrogens with zero attached hydrogens (tertiary/aromatic N) is 4. The van der Waals surface area contributed by atoms with E-state index in [2.05, 4.69) is 5.11 Å². The third-order valence-electron chi connectivity index (χ3n) is 5.02. The van der Waals surface area contributed by atoms with Crippen LogP contribution in [0.2, 0.25) is 0 Å². The maximum absolute atomic E-state index is 15.7. The summed E-state index contributed by atoms with van der Waals surface area (Å²) in [6, 6.07) is 24.8. The smallest absolute Gasteiger partial charge is 0.388 e. The number of allylic oxidation sites excluding steroid dienone is 1. The molecule has 0 unspecified atom stereocenters. The average molecular weight is 370 g/mol. The van der Waals surface area contributed by atoms with Gasteiger partial charge in [0.2, 0.25) is 0 Å². The molecule has 2 aliphatic rings. The summed E-state index contributed by atoms with van der Waals surface area (Å²) < 4.78 is 31.9. The number of rotatable bonds is 1. The summed E-state index contributed by atoms with van der Waals surface area (Å²) in [5.74, 6) is 0. The third-order valence-corrected chi connectivity index (χ3v) is 5.02. The summed E-state index contributed by atoms with van der Waals surface area (Å²) in [7, 11) is 0. The van der Waals surface area contributed by atoms with Crippen LogP contribution in [-0.4, -0.2) is 11.6 Å². The molecule has 0 saturated carbocycles. The first kappa shape index (κ1) is 16.4. The van der Waals surface area contributed by atoms with Crippen molar-refractivity contribution in [3.63, 3.8) is 0 Å². The molecular weight excluding hydrogens is 357 g/mol. The SMILES string of the molecule is N#CC1=C2c3ccccc3-c3ccccc3N2[B-](F)(F)[N+]1=Nc1ccccc1. The molecule has 0 aromatic heterocycles. The molecule has 5 rings (SSSR count). The fourth-order valence-electron chi connectivity index (χ4n) is 3.87. The van der Waals surface area contributed by atoms with Crippen molar-refractivity contribution in [3.8, 4) is 17.2 Å². The lowest BCUT2D eigenvalue weighted by Gasteiger charge is -2.35. The van der Waals surface area contributed by atoms with Crippen LogP contribution in [-0.2, 0) is 0 Å². The molecule has 0 aliphatic carbocycles. The summed E-state index contributed by atoms with van der Waals surface area (Å²) >= 11 is 0. The summed E-state index contributed by atoms with van der Waals surface area (Å²) in [5, 5.41) is 13.9. The topological polar surface area (TPSA) is 42.4 Å². The first-order valence-corrected chi connectivity index (χ1v) is 8.84. The fraction of sp³-hybridized carbons (Fsp3) is 0. The Morgan fingerprint density at radius 1 is 0.821 bits per heavy atom. The number of azo groups is 1. The van der Waals surface area contributed by atoms with Crippen molar-refractivity contribution in [3.05, 3.63) is 90.1 Å². The van der Waals surface area contributed by atoms with Crippen molar-refractivity contribution < 1.29 is 13.2 Å². The van der Waals surface area contributed by atoms with E-state index in [1.54, 1.807) is 54.6 Å². The number of anilines is 1. The van der Waals surface area contributed by atoms with Crippen LogP contribution in [0.25, 0.3) is 16.8 Å². The van der Waals surface area contributed by atoms with Crippen molar-refractivity contribution in [2.45, 2.75) is 0 Å². The van der Waals surface area contributed by atoms with E-state index >= 15 is 8.63 Å². The van der Waals surface area contributed by atoms with Crippen LogP contribution >= 0.6 is 0 Å². The number of nitriles is 1. The lowest BCUT2D eigenvalue weighted by atomic mass is 9.85. The summed E-state index contributed by atoms with van der Waals surface area (Å²) in [6.07, 6.45) is 0. The Bertz CT molecular complexity index is 1210. The van der Waals surface area contributed by atoms with Crippen LogP contribution < -0.4 is 4.81 Å². The van der Waals surface area contributed by atoms with Gasteiger partial charge in [-0.1, -0.05) is 65.8 Å². The van der Waals surface area contributed by atoms with E-state index in [9.17, 15) is 5.26 Å². The molecule has 2 heterocycles. The highest BCUT2D eigenvalue weighted by Gasteiger charge is 2.62. The Morgan fingerprint density at radius 2 is 1.43 bits per heavy atom. The Morgan fingerprint density at radius 3 is 2.14 bits per heavy atom. The number of hydrogen-bond acceptors (Lipinski definition) is 3. The van der Waals surface area contributed by atoms with Gasteiger partial charge in [0.25, 0.3) is 5.70 Å². The molecule has 0 radical (unpaired) electrons. The van der Waals surface area contributed by atoms with E-state index in [0.29, 0.717) is 27.1 Å². The van der Waals surface area contributed by atoms with Crippen LogP contribution in [0, 0.1) is 11.3 Å². The quantitative estimate of drug-likeness (QED) is 0.527. The lowest BCUT2D eigenvalue weighted by molar-refractivity contribution is -0.424. The number of halogens is 2. The second-order valence-corrected chi connectivity index (χ2v) is 6.61. The van der Waals surface area contributed by atoms with E-state index in [1.807, 2.05) is 30.3 Å². The molecule has 3 aromatic carbocycles. The Kier molecular flexibility index (Phi) is 3.43. The van der Waals surface area contributed by atoms with Crippen LogP contribution in [0.3, 0.4) is 0 Å². The van der Waals surface area contributed by atoms with Gasteiger partial charge in [0, 0.05) is 16.8 Å². The molecular formula is C21H13BF2N4. The molecule has 3 aromatic rings. The molecule has 0 bridgehead atoms. The highest BCUT2D eigenvalue weighted by atomic mass is 19.2. The summed E-state index contributed by atoms with van der Waals surface area (Å²) in [6.45, 7) is -4.33. The summed E-state index contributed by atoms with van der Waals surface area (Å²) in [4.78, 5) is 0.975. The highest BCUT2D eigenvalue weighted by molar-refractivity contribution is 6.67. The van der Waals surface area contributed by atoms with E-state index in [4.69, 9.17) is 0 Å². The molecule has 0 saturated heterocycles. The van der Waals surface area contributed by atoms with Gasteiger partial charge in [0.15, 0.2) is 6.07 Å². The molecule has 28 heavy (non-hydrogen) atoms. The molecule has 4 nitrogen and oxygen atoms in total. The molecule has 0 atom stereocenters. The molecule has 0 amide bonds. The second-order valence-electron chi connectivity index (χ2n) is 6.61. The predicted octanol–water partition coefficient (Wildman–Crippen LogP) is 5.55. The van der Waals surface area contributed by atoms with Crippen LogP contribution in [0.5, 0.6) is 0 Å². The molecule has 7 heteroatoms. The second kappa shape index (κ2) is 5.86. The maximum Gasteiger partial charge on any atom is 0.762 e. The van der Waals surface area contributed by atoms with E-state index in [1.165, 1.54) is 0 Å². The monoisotopic (exact) mass is 370 g/mol. The van der Waals surface area contributed by atoms with Crippen molar-refractivity contribution >= 4 is 24.0 Å². The Hall–Kier alpha value is -3.79. The zero-order valence-corrected chi connectivity index (χ0v) is 14.6. The number of fused-ring (bicyclic) bond motifs is 6. The van der Waals surface area contributed by atoms with Crippen LogP contribution in [0.15, 0.2) is 89.7 Å². The van der Waals surface area contributed by atoms with E-state index in [0.717, 1.165) is 10.4 Å². The van der Waals surface area contributed by atoms with Crippen molar-refractivity contribution in [2.75, 3.05) is 4.81 Å². The normalized spacial score (nSPS) is 17.8. The van der Waals surface area contributed by atoms with Gasteiger partial charge in [-0.2, -0.15) is 5.26 Å². The predicted molar refractivity (Wildman–Crippen MR) is 104 cm³/mol. The minimum Gasteiger partial charge on any atom is -0.388 e. The number of hydrogen-bond donors (Lipinski definition) is 0. The molecule has 2 aliphatic heterocycles.